The van der Waals surface area contributed by atoms with Gasteiger partial charge in [-0.25, -0.2) is 4.98 Å². The molecule has 0 aliphatic rings. The second-order valence-corrected chi connectivity index (χ2v) is 6.72. The lowest BCUT2D eigenvalue weighted by molar-refractivity contribution is 0.0932. The first-order valence-corrected chi connectivity index (χ1v) is 8.60. The van der Waals surface area contributed by atoms with Gasteiger partial charge in [0.15, 0.2) is 5.69 Å². The Morgan fingerprint density at radius 2 is 1.92 bits per heavy atom. The molecule has 0 fully saturated rings. The Morgan fingerprint density at radius 1 is 1.15 bits per heavy atom. The number of carbonyl (C=O) groups excluding carboxylic acids is 2. The van der Waals surface area contributed by atoms with Crippen molar-refractivity contribution in [3.63, 3.8) is 0 Å². The number of fused-ring (bicyclic) bond motifs is 1. The van der Waals surface area contributed by atoms with E-state index in [1.54, 1.807) is 47.0 Å². The van der Waals surface area contributed by atoms with E-state index < -0.39 is 0 Å². The summed E-state index contributed by atoms with van der Waals surface area (Å²) in [5.74, 6) is -0.544. The van der Waals surface area contributed by atoms with Gasteiger partial charge < -0.3 is 10.6 Å². The molecule has 6 nitrogen and oxygen atoms in total. The largest absolute Gasteiger partial charge is 0.347 e. The number of nitrogens with zero attached hydrogens (tertiary/aromatic N) is 2. The second-order valence-electron chi connectivity index (χ2n) is 6.28. The number of anilines is 1. The summed E-state index contributed by atoms with van der Waals surface area (Å²) in [4.78, 5) is 29.5. The Bertz CT molecular complexity index is 994. The van der Waals surface area contributed by atoms with E-state index in [-0.39, 0.29) is 29.4 Å². The van der Waals surface area contributed by atoms with Crippen LogP contribution in [-0.4, -0.2) is 27.2 Å². The van der Waals surface area contributed by atoms with E-state index in [0.29, 0.717) is 16.2 Å². The predicted octanol–water partition coefficient (Wildman–Crippen LogP) is 3.69. The quantitative estimate of drug-likeness (QED) is 0.735. The summed E-state index contributed by atoms with van der Waals surface area (Å²) in [7, 11) is 0. The summed E-state index contributed by atoms with van der Waals surface area (Å²) in [6.45, 7) is 5.59. The number of hydrogen-bond acceptors (Lipinski definition) is 3. The monoisotopic (exact) mass is 370 g/mol. The van der Waals surface area contributed by atoms with Crippen molar-refractivity contribution in [3.8, 4) is 0 Å². The molecular formula is C19H19ClN4O2. The standard InChI is InChI=1S/C19H19ClN4O2/c1-11(2)21-19(26)17-23-16(15-6-4-5-9-24(15)17)18(25)22-14-8-7-13(20)10-12(14)3/h4-11H,1-3H3,(H,21,26)(H,22,25). The number of hydrogen-bond donors (Lipinski definition) is 2. The zero-order chi connectivity index (χ0) is 18.8. The molecule has 2 aromatic heterocycles. The number of aryl methyl sites for hydroxylation is 1. The highest BCUT2D eigenvalue weighted by Crippen LogP contribution is 2.21. The molecule has 0 spiro atoms. The fraction of sp³-hybridized carbons (Fsp3) is 0.211. The van der Waals surface area contributed by atoms with Gasteiger partial charge in [0.05, 0.1) is 5.52 Å². The van der Waals surface area contributed by atoms with Gasteiger partial charge in [-0.3, -0.25) is 14.0 Å². The van der Waals surface area contributed by atoms with Crippen molar-refractivity contribution in [2.24, 2.45) is 0 Å². The zero-order valence-electron chi connectivity index (χ0n) is 14.7. The Morgan fingerprint density at radius 3 is 2.62 bits per heavy atom. The van der Waals surface area contributed by atoms with E-state index >= 15 is 0 Å². The van der Waals surface area contributed by atoms with E-state index in [9.17, 15) is 9.59 Å². The minimum absolute atomic E-state index is 0.0347. The Kier molecular flexibility index (Phi) is 4.95. The Labute approximate surface area is 156 Å². The summed E-state index contributed by atoms with van der Waals surface area (Å²) in [6, 6.07) is 10.5. The molecule has 3 rings (SSSR count). The smallest absolute Gasteiger partial charge is 0.287 e. The van der Waals surface area contributed by atoms with Gasteiger partial charge in [-0.05, 0) is 56.7 Å². The number of halogens is 1. The third-order valence-corrected chi connectivity index (χ3v) is 4.06. The van der Waals surface area contributed by atoms with Crippen LogP contribution in [0.1, 0.15) is 40.5 Å². The maximum absolute atomic E-state index is 12.8. The minimum atomic E-state index is -0.386. The third kappa shape index (κ3) is 3.55. The van der Waals surface area contributed by atoms with Gasteiger partial charge in [0.25, 0.3) is 11.8 Å². The molecule has 2 amide bonds. The maximum atomic E-state index is 12.8. The number of imidazole rings is 1. The van der Waals surface area contributed by atoms with Crippen molar-refractivity contribution in [2.45, 2.75) is 26.8 Å². The lowest BCUT2D eigenvalue weighted by atomic mass is 10.2. The minimum Gasteiger partial charge on any atom is -0.347 e. The topological polar surface area (TPSA) is 75.5 Å². The van der Waals surface area contributed by atoms with E-state index in [2.05, 4.69) is 15.6 Å². The number of pyridine rings is 1. The molecule has 0 saturated heterocycles. The number of carbonyl (C=O) groups is 2. The molecule has 0 bridgehead atoms. The van der Waals surface area contributed by atoms with Gasteiger partial charge in [-0.15, -0.1) is 0 Å². The molecular weight excluding hydrogens is 352 g/mol. The summed E-state index contributed by atoms with van der Waals surface area (Å²) in [5, 5.41) is 6.23. The summed E-state index contributed by atoms with van der Waals surface area (Å²) < 4.78 is 1.61. The first kappa shape index (κ1) is 17.9. The molecule has 3 aromatic rings. The van der Waals surface area contributed by atoms with Crippen LogP contribution in [0.5, 0.6) is 0 Å². The number of nitrogens with one attached hydrogen (secondary N) is 2. The average Bonchev–Trinajstić information content (AvgIpc) is 2.96. The van der Waals surface area contributed by atoms with E-state index in [4.69, 9.17) is 11.6 Å². The number of rotatable bonds is 4. The van der Waals surface area contributed by atoms with E-state index in [1.807, 2.05) is 20.8 Å². The average molecular weight is 371 g/mol. The van der Waals surface area contributed by atoms with Gasteiger partial charge in [0.1, 0.15) is 0 Å². The molecule has 2 N–H and O–H groups in total. The lowest BCUT2D eigenvalue weighted by Crippen LogP contribution is -2.31. The molecule has 0 aliphatic carbocycles. The summed E-state index contributed by atoms with van der Waals surface area (Å²) >= 11 is 5.96. The molecule has 134 valence electrons. The predicted molar refractivity (Wildman–Crippen MR) is 102 cm³/mol. The molecule has 0 atom stereocenters. The van der Waals surface area contributed by atoms with Gasteiger partial charge in [-0.1, -0.05) is 17.7 Å². The SMILES string of the molecule is Cc1cc(Cl)ccc1NC(=O)c1nc(C(=O)NC(C)C)n2ccccc12. The van der Waals surface area contributed by atoms with Crippen molar-refractivity contribution in [1.29, 1.82) is 0 Å². The van der Waals surface area contributed by atoms with Crippen molar-refractivity contribution in [3.05, 3.63) is 64.7 Å². The van der Waals surface area contributed by atoms with Crippen LogP contribution in [-0.2, 0) is 0 Å². The number of benzene rings is 1. The molecule has 0 aliphatic heterocycles. The van der Waals surface area contributed by atoms with Crippen molar-refractivity contribution in [2.75, 3.05) is 5.32 Å². The lowest BCUT2D eigenvalue weighted by Gasteiger charge is -2.07. The van der Waals surface area contributed by atoms with E-state index in [1.165, 1.54) is 0 Å². The van der Waals surface area contributed by atoms with Gasteiger partial charge in [-0.2, -0.15) is 0 Å². The van der Waals surface area contributed by atoms with Crippen LogP contribution in [0.3, 0.4) is 0 Å². The first-order valence-electron chi connectivity index (χ1n) is 8.22. The van der Waals surface area contributed by atoms with Crippen LogP contribution in [0.4, 0.5) is 5.69 Å². The molecule has 0 radical (unpaired) electrons. The fourth-order valence-electron chi connectivity index (χ4n) is 2.64. The summed E-state index contributed by atoms with van der Waals surface area (Å²) in [5.41, 5.74) is 2.23. The summed E-state index contributed by atoms with van der Waals surface area (Å²) in [6.07, 6.45) is 1.71. The molecule has 2 heterocycles. The van der Waals surface area contributed by atoms with Crippen molar-refractivity contribution in [1.82, 2.24) is 14.7 Å². The van der Waals surface area contributed by atoms with Crippen LogP contribution >= 0.6 is 11.6 Å². The van der Waals surface area contributed by atoms with E-state index in [0.717, 1.165) is 5.56 Å². The van der Waals surface area contributed by atoms with Gasteiger partial charge in [0.2, 0.25) is 5.82 Å². The van der Waals surface area contributed by atoms with Crippen LogP contribution in [0.25, 0.3) is 5.52 Å². The maximum Gasteiger partial charge on any atom is 0.287 e. The normalized spacial score (nSPS) is 11.0. The highest BCUT2D eigenvalue weighted by molar-refractivity contribution is 6.30. The number of aromatic nitrogens is 2. The first-order chi connectivity index (χ1) is 12.4. The molecule has 0 saturated carbocycles. The highest BCUT2D eigenvalue weighted by Gasteiger charge is 2.22. The van der Waals surface area contributed by atoms with Gasteiger partial charge in [0, 0.05) is 22.9 Å². The molecule has 1 aromatic carbocycles. The van der Waals surface area contributed by atoms with Gasteiger partial charge >= 0.3 is 0 Å². The molecule has 7 heteroatoms. The van der Waals surface area contributed by atoms with Crippen LogP contribution < -0.4 is 10.6 Å². The Hall–Kier alpha value is -2.86. The van der Waals surface area contributed by atoms with Crippen LogP contribution in [0, 0.1) is 6.92 Å². The number of amides is 2. The van der Waals surface area contributed by atoms with Crippen LogP contribution in [0.2, 0.25) is 5.02 Å². The highest BCUT2D eigenvalue weighted by atomic mass is 35.5. The van der Waals surface area contributed by atoms with Crippen LogP contribution in [0.15, 0.2) is 42.6 Å². The zero-order valence-corrected chi connectivity index (χ0v) is 15.5. The second kappa shape index (κ2) is 7.17. The fourth-order valence-corrected chi connectivity index (χ4v) is 2.87. The third-order valence-electron chi connectivity index (χ3n) is 3.82. The van der Waals surface area contributed by atoms with Crippen molar-refractivity contribution < 1.29 is 9.59 Å². The molecule has 26 heavy (non-hydrogen) atoms. The van der Waals surface area contributed by atoms with Crippen molar-refractivity contribution >= 4 is 34.6 Å². The molecule has 0 unspecified atom stereocenters. The Balaban J connectivity index is 1.99.